The molecule has 0 spiro atoms. The molecule has 1 unspecified atom stereocenters. The molecule has 18 heavy (non-hydrogen) atoms. The van der Waals surface area contributed by atoms with E-state index in [2.05, 4.69) is 28.0 Å². The van der Waals surface area contributed by atoms with Crippen molar-refractivity contribution in [2.24, 2.45) is 7.05 Å². The zero-order valence-corrected chi connectivity index (χ0v) is 13.3. The molecule has 98 valence electrons. The molecule has 2 aromatic heterocycles. The Labute approximate surface area is 124 Å². The summed E-state index contributed by atoms with van der Waals surface area (Å²) in [6, 6.07) is 1.81. The van der Waals surface area contributed by atoms with Gasteiger partial charge in [0.15, 0.2) is 0 Å². The van der Waals surface area contributed by atoms with Crippen molar-refractivity contribution < 1.29 is 5.11 Å². The monoisotopic (exact) mass is 348 g/mol. The number of aliphatic hydroxyl groups is 1. The van der Waals surface area contributed by atoms with Crippen molar-refractivity contribution in [2.45, 2.75) is 25.9 Å². The van der Waals surface area contributed by atoms with Gasteiger partial charge in [-0.25, -0.2) is 0 Å². The molecule has 6 heteroatoms. The second-order valence-corrected chi connectivity index (χ2v) is 6.24. The van der Waals surface area contributed by atoms with Crippen molar-refractivity contribution in [1.82, 2.24) is 9.78 Å². The van der Waals surface area contributed by atoms with E-state index in [1.165, 1.54) is 11.3 Å². The first-order valence-corrected chi connectivity index (χ1v) is 7.70. The van der Waals surface area contributed by atoms with Crippen LogP contribution < -0.4 is 0 Å². The van der Waals surface area contributed by atoms with Crippen LogP contribution in [0.1, 0.15) is 29.3 Å². The molecular weight excluding hydrogens is 336 g/mol. The quantitative estimate of drug-likeness (QED) is 0.913. The van der Waals surface area contributed by atoms with Gasteiger partial charge < -0.3 is 5.11 Å². The van der Waals surface area contributed by atoms with E-state index >= 15 is 0 Å². The van der Waals surface area contributed by atoms with Crippen molar-refractivity contribution in [3.63, 3.8) is 0 Å². The maximum absolute atomic E-state index is 10.2. The molecule has 2 rings (SSSR count). The molecule has 0 aliphatic carbocycles. The van der Waals surface area contributed by atoms with E-state index in [9.17, 15) is 5.11 Å². The molecule has 2 aromatic rings. The number of nitrogens with zero attached hydrogens (tertiary/aromatic N) is 2. The highest BCUT2D eigenvalue weighted by Crippen LogP contribution is 2.30. The van der Waals surface area contributed by atoms with Gasteiger partial charge in [0, 0.05) is 23.7 Å². The predicted octanol–water partition coefficient (Wildman–Crippen LogP) is 3.74. The third kappa shape index (κ3) is 2.79. The van der Waals surface area contributed by atoms with Gasteiger partial charge in [-0.1, -0.05) is 18.5 Å². The fraction of sp³-hybridized carbons (Fsp3) is 0.417. The average Bonchev–Trinajstić information content (AvgIpc) is 2.87. The van der Waals surface area contributed by atoms with Crippen molar-refractivity contribution >= 4 is 38.9 Å². The van der Waals surface area contributed by atoms with Crippen LogP contribution in [0.25, 0.3) is 0 Å². The highest BCUT2D eigenvalue weighted by Gasteiger charge is 2.18. The summed E-state index contributed by atoms with van der Waals surface area (Å²) in [6.07, 6.45) is 0.856. The lowest BCUT2D eigenvalue weighted by Crippen LogP contribution is -2.05. The molecule has 0 saturated carbocycles. The Morgan fingerprint density at radius 2 is 2.33 bits per heavy atom. The largest absolute Gasteiger partial charge is 0.387 e. The van der Waals surface area contributed by atoms with Gasteiger partial charge in [0.05, 0.1) is 27.0 Å². The van der Waals surface area contributed by atoms with Crippen molar-refractivity contribution in [1.29, 1.82) is 0 Å². The van der Waals surface area contributed by atoms with Gasteiger partial charge in [-0.2, -0.15) is 5.10 Å². The number of aryl methyl sites for hydroxylation is 2. The molecule has 0 amide bonds. The standard InChI is InChI=1S/C12H14BrClN2OS/c1-3-8-12(13)9(16(2)15-8)5-10(17)11-4-7(14)6-18-11/h4,6,10,17H,3,5H2,1-2H3. The molecule has 0 radical (unpaired) electrons. The maximum Gasteiger partial charge on any atom is 0.0938 e. The van der Waals surface area contributed by atoms with Crippen molar-refractivity contribution in [3.05, 3.63) is 37.2 Å². The summed E-state index contributed by atoms with van der Waals surface area (Å²) >= 11 is 10.9. The van der Waals surface area contributed by atoms with Crippen LogP contribution in [0.4, 0.5) is 0 Å². The fourth-order valence-corrected chi connectivity index (χ4v) is 3.67. The highest BCUT2D eigenvalue weighted by atomic mass is 79.9. The van der Waals surface area contributed by atoms with Gasteiger partial charge in [-0.3, -0.25) is 4.68 Å². The number of aromatic nitrogens is 2. The van der Waals surface area contributed by atoms with E-state index in [0.717, 1.165) is 27.2 Å². The lowest BCUT2D eigenvalue weighted by Gasteiger charge is -2.09. The highest BCUT2D eigenvalue weighted by molar-refractivity contribution is 9.10. The molecule has 0 fully saturated rings. The van der Waals surface area contributed by atoms with Gasteiger partial charge in [0.25, 0.3) is 0 Å². The van der Waals surface area contributed by atoms with Gasteiger partial charge in [0.1, 0.15) is 0 Å². The normalized spacial score (nSPS) is 12.9. The number of hydrogen-bond acceptors (Lipinski definition) is 3. The Balaban J connectivity index is 2.21. The summed E-state index contributed by atoms with van der Waals surface area (Å²) in [5, 5.41) is 17.1. The second-order valence-electron chi connectivity index (χ2n) is 4.07. The first kappa shape index (κ1) is 14.1. The zero-order valence-electron chi connectivity index (χ0n) is 10.2. The van der Waals surface area contributed by atoms with E-state index in [-0.39, 0.29) is 0 Å². The van der Waals surface area contributed by atoms with Crippen molar-refractivity contribution in [2.75, 3.05) is 0 Å². The Morgan fingerprint density at radius 1 is 1.61 bits per heavy atom. The fourth-order valence-electron chi connectivity index (χ4n) is 1.83. The minimum atomic E-state index is -0.543. The number of aliphatic hydroxyl groups excluding tert-OH is 1. The molecule has 2 heterocycles. The van der Waals surface area contributed by atoms with E-state index in [1.54, 1.807) is 0 Å². The summed E-state index contributed by atoms with van der Waals surface area (Å²) in [7, 11) is 1.90. The van der Waals surface area contributed by atoms with Crippen LogP contribution in [0.3, 0.4) is 0 Å². The number of hydrogen-bond donors (Lipinski definition) is 1. The molecule has 0 bridgehead atoms. The number of thiophene rings is 1. The molecule has 1 N–H and O–H groups in total. The van der Waals surface area contributed by atoms with E-state index in [0.29, 0.717) is 11.4 Å². The maximum atomic E-state index is 10.2. The molecule has 3 nitrogen and oxygen atoms in total. The lowest BCUT2D eigenvalue weighted by molar-refractivity contribution is 0.179. The van der Waals surface area contributed by atoms with Crippen LogP contribution in [0, 0.1) is 0 Å². The van der Waals surface area contributed by atoms with Crippen LogP contribution in [-0.4, -0.2) is 14.9 Å². The lowest BCUT2D eigenvalue weighted by atomic mass is 10.1. The Morgan fingerprint density at radius 3 is 2.83 bits per heavy atom. The van der Waals surface area contributed by atoms with Gasteiger partial charge in [-0.05, 0) is 28.4 Å². The number of halogens is 2. The Hall–Kier alpha value is -0.360. The van der Waals surface area contributed by atoms with Gasteiger partial charge >= 0.3 is 0 Å². The third-order valence-corrected chi connectivity index (χ3v) is 5.10. The van der Waals surface area contributed by atoms with E-state index in [4.69, 9.17) is 11.6 Å². The topological polar surface area (TPSA) is 38.0 Å². The summed E-state index contributed by atoms with van der Waals surface area (Å²) in [5.74, 6) is 0. The molecule has 0 aliphatic rings. The zero-order chi connectivity index (χ0) is 13.3. The van der Waals surface area contributed by atoms with E-state index < -0.39 is 6.10 Å². The minimum Gasteiger partial charge on any atom is -0.387 e. The van der Waals surface area contributed by atoms with Crippen LogP contribution in [0.15, 0.2) is 15.9 Å². The molecule has 1 atom stereocenters. The SMILES string of the molecule is CCc1nn(C)c(CC(O)c2cc(Cl)cs2)c1Br. The second kappa shape index (κ2) is 5.74. The third-order valence-electron chi connectivity index (χ3n) is 2.81. The summed E-state index contributed by atoms with van der Waals surface area (Å²) in [4.78, 5) is 0.881. The smallest absolute Gasteiger partial charge is 0.0938 e. The predicted molar refractivity (Wildman–Crippen MR) is 78.3 cm³/mol. The molecule has 0 saturated heterocycles. The van der Waals surface area contributed by atoms with Gasteiger partial charge in [0.2, 0.25) is 0 Å². The molecule has 0 aromatic carbocycles. The summed E-state index contributed by atoms with van der Waals surface area (Å²) in [6.45, 7) is 2.06. The van der Waals surface area contributed by atoms with Crippen LogP contribution in [-0.2, 0) is 19.9 Å². The average molecular weight is 350 g/mol. The number of rotatable bonds is 4. The van der Waals surface area contributed by atoms with E-state index in [1.807, 2.05) is 23.2 Å². The summed E-state index contributed by atoms with van der Waals surface area (Å²) in [5.41, 5.74) is 2.02. The van der Waals surface area contributed by atoms with Crippen LogP contribution in [0.2, 0.25) is 5.02 Å². The first-order valence-electron chi connectivity index (χ1n) is 5.65. The summed E-state index contributed by atoms with van der Waals surface area (Å²) < 4.78 is 2.82. The Kier molecular flexibility index (Phi) is 4.48. The molecule has 0 aliphatic heterocycles. The van der Waals surface area contributed by atoms with Crippen LogP contribution in [0.5, 0.6) is 0 Å². The first-order chi connectivity index (χ1) is 8.52. The molecular formula is C12H14BrClN2OS. The minimum absolute atomic E-state index is 0.529. The van der Waals surface area contributed by atoms with Gasteiger partial charge in [-0.15, -0.1) is 11.3 Å². The Bertz CT molecular complexity index is 552. The van der Waals surface area contributed by atoms with Crippen LogP contribution >= 0.6 is 38.9 Å². The van der Waals surface area contributed by atoms with Crippen molar-refractivity contribution in [3.8, 4) is 0 Å².